The summed E-state index contributed by atoms with van der Waals surface area (Å²) < 4.78 is 36.5. The zero-order valence-corrected chi connectivity index (χ0v) is 11.3. The van der Waals surface area contributed by atoms with Crippen molar-refractivity contribution < 1.29 is 17.9 Å². The summed E-state index contributed by atoms with van der Waals surface area (Å²) in [7, 11) is -3.22. The minimum Gasteiger partial charge on any atom is -0.454 e. The molecule has 1 N–H and O–H groups in total. The second-order valence-corrected chi connectivity index (χ2v) is 6.14. The molecule has 1 heterocycles. The summed E-state index contributed by atoms with van der Waals surface area (Å²) in [6.45, 7) is 3.87. The zero-order valence-electron chi connectivity index (χ0n) is 10.5. The summed E-state index contributed by atoms with van der Waals surface area (Å²) >= 11 is 0. The van der Waals surface area contributed by atoms with Gasteiger partial charge in [0.1, 0.15) is 0 Å². The van der Waals surface area contributed by atoms with Crippen LogP contribution in [0.25, 0.3) is 0 Å². The molecule has 1 unspecified atom stereocenters. The van der Waals surface area contributed by atoms with Crippen LogP contribution >= 0.6 is 0 Å². The van der Waals surface area contributed by atoms with Crippen LogP contribution in [0.4, 0.5) is 0 Å². The number of nitrogens with one attached hydrogen (secondary N) is 1. The first-order valence-electron chi connectivity index (χ1n) is 5.91. The largest absolute Gasteiger partial charge is 0.454 e. The van der Waals surface area contributed by atoms with E-state index in [0.29, 0.717) is 17.9 Å². The van der Waals surface area contributed by atoms with Crippen molar-refractivity contribution in [3.63, 3.8) is 0 Å². The number of rotatable bonds is 5. The van der Waals surface area contributed by atoms with Crippen molar-refractivity contribution in [2.75, 3.05) is 12.5 Å². The number of fused-ring (bicyclic) bond motifs is 1. The normalized spacial score (nSPS) is 15.7. The van der Waals surface area contributed by atoms with Crippen LogP contribution in [0.15, 0.2) is 18.2 Å². The minimum atomic E-state index is -3.22. The van der Waals surface area contributed by atoms with Gasteiger partial charge in [0.05, 0.1) is 5.75 Å². The maximum atomic E-state index is 11.7. The average molecular weight is 271 g/mol. The Bertz CT molecular complexity index is 527. The Morgan fingerprint density at radius 1 is 1.33 bits per heavy atom. The van der Waals surface area contributed by atoms with Crippen molar-refractivity contribution in [2.45, 2.75) is 26.3 Å². The van der Waals surface area contributed by atoms with Gasteiger partial charge in [-0.3, -0.25) is 0 Å². The molecular weight excluding hydrogens is 254 g/mol. The van der Waals surface area contributed by atoms with Crippen molar-refractivity contribution >= 4 is 10.0 Å². The molecule has 18 heavy (non-hydrogen) atoms. The number of benzene rings is 1. The highest BCUT2D eigenvalue weighted by molar-refractivity contribution is 7.89. The summed E-state index contributed by atoms with van der Waals surface area (Å²) in [5.41, 5.74) is 0.860. The molecule has 0 radical (unpaired) electrons. The van der Waals surface area contributed by atoms with Gasteiger partial charge in [-0.25, -0.2) is 13.1 Å². The molecule has 0 aromatic heterocycles. The molecule has 1 aliphatic heterocycles. The Morgan fingerprint density at radius 2 is 2.06 bits per heavy atom. The quantitative estimate of drug-likeness (QED) is 0.887. The van der Waals surface area contributed by atoms with Crippen molar-refractivity contribution in [1.29, 1.82) is 0 Å². The van der Waals surface area contributed by atoms with Gasteiger partial charge in [-0.15, -0.1) is 0 Å². The molecule has 0 spiro atoms. The van der Waals surface area contributed by atoms with Crippen LogP contribution in [0.2, 0.25) is 0 Å². The van der Waals surface area contributed by atoms with Crippen molar-refractivity contribution in [3.05, 3.63) is 23.8 Å². The van der Waals surface area contributed by atoms with Gasteiger partial charge in [0.25, 0.3) is 0 Å². The van der Waals surface area contributed by atoms with E-state index in [1.807, 2.05) is 26.0 Å². The molecule has 0 bridgehead atoms. The molecule has 6 heteroatoms. The summed E-state index contributed by atoms with van der Waals surface area (Å²) in [6, 6.07) is 5.16. The van der Waals surface area contributed by atoms with Crippen LogP contribution in [-0.2, 0) is 10.0 Å². The lowest BCUT2D eigenvalue weighted by molar-refractivity contribution is 0.174. The fraction of sp³-hybridized carbons (Fsp3) is 0.500. The molecule has 0 amide bonds. The predicted octanol–water partition coefficient (Wildman–Crippen LogP) is 1.81. The minimum absolute atomic E-state index is 0.141. The van der Waals surface area contributed by atoms with Crippen LogP contribution in [0.3, 0.4) is 0 Å². The van der Waals surface area contributed by atoms with Crippen molar-refractivity contribution in [1.82, 2.24) is 4.72 Å². The number of sulfonamides is 1. The predicted molar refractivity (Wildman–Crippen MR) is 68.2 cm³/mol. The van der Waals surface area contributed by atoms with Gasteiger partial charge in [0.15, 0.2) is 11.5 Å². The van der Waals surface area contributed by atoms with Crippen LogP contribution in [-0.4, -0.2) is 21.0 Å². The van der Waals surface area contributed by atoms with E-state index >= 15 is 0 Å². The topological polar surface area (TPSA) is 64.6 Å². The Hall–Kier alpha value is -1.27. The SMILES string of the molecule is CCCS(=O)(=O)NC(C)c1ccc2c(c1)OCO2. The van der Waals surface area contributed by atoms with Gasteiger partial charge in [-0.2, -0.15) is 0 Å². The summed E-state index contributed by atoms with van der Waals surface area (Å²) in [6.07, 6.45) is 0.600. The van der Waals surface area contributed by atoms with E-state index in [1.165, 1.54) is 0 Å². The van der Waals surface area contributed by atoms with Gasteiger partial charge in [-0.05, 0) is 31.0 Å². The molecule has 5 nitrogen and oxygen atoms in total. The molecule has 1 aliphatic rings. The van der Waals surface area contributed by atoms with Crippen LogP contribution in [0, 0.1) is 0 Å². The molecule has 2 rings (SSSR count). The third-order valence-electron chi connectivity index (χ3n) is 2.73. The maximum absolute atomic E-state index is 11.7. The van der Waals surface area contributed by atoms with Crippen LogP contribution in [0.5, 0.6) is 11.5 Å². The summed E-state index contributed by atoms with van der Waals surface area (Å²) in [4.78, 5) is 0. The Kier molecular flexibility index (Phi) is 3.77. The first-order valence-corrected chi connectivity index (χ1v) is 7.56. The average Bonchev–Trinajstić information content (AvgIpc) is 2.74. The highest BCUT2D eigenvalue weighted by Gasteiger charge is 2.18. The van der Waals surface area contributed by atoms with E-state index in [2.05, 4.69) is 4.72 Å². The van der Waals surface area contributed by atoms with Crippen molar-refractivity contribution in [3.8, 4) is 11.5 Å². The third kappa shape index (κ3) is 2.94. The number of ether oxygens (including phenoxy) is 2. The molecule has 0 aliphatic carbocycles. The maximum Gasteiger partial charge on any atom is 0.231 e. The van der Waals surface area contributed by atoms with E-state index in [0.717, 1.165) is 5.56 Å². The van der Waals surface area contributed by atoms with Gasteiger partial charge in [0.2, 0.25) is 16.8 Å². The van der Waals surface area contributed by atoms with Gasteiger partial charge >= 0.3 is 0 Å². The summed E-state index contributed by atoms with van der Waals surface area (Å²) in [5.74, 6) is 1.50. The standard InChI is InChI=1S/C12H17NO4S/c1-3-6-18(14,15)13-9(2)10-4-5-11-12(7-10)17-8-16-11/h4-5,7,9,13H,3,6,8H2,1-2H3. The molecule has 0 fully saturated rings. The fourth-order valence-corrected chi connectivity index (χ4v) is 3.18. The Morgan fingerprint density at radius 3 is 2.78 bits per heavy atom. The van der Waals surface area contributed by atoms with E-state index in [4.69, 9.17) is 9.47 Å². The lowest BCUT2D eigenvalue weighted by Crippen LogP contribution is -2.28. The first-order chi connectivity index (χ1) is 8.52. The first kappa shape index (κ1) is 13.2. The Labute approximate surface area is 107 Å². The molecule has 1 aromatic carbocycles. The number of hydrogen-bond donors (Lipinski definition) is 1. The fourth-order valence-electron chi connectivity index (χ4n) is 1.85. The molecule has 1 aromatic rings. The Balaban J connectivity index is 2.12. The zero-order chi connectivity index (χ0) is 13.2. The van der Waals surface area contributed by atoms with Crippen LogP contribution < -0.4 is 14.2 Å². The molecule has 0 saturated carbocycles. The highest BCUT2D eigenvalue weighted by Crippen LogP contribution is 2.34. The molecule has 1 atom stereocenters. The second-order valence-electron chi connectivity index (χ2n) is 4.27. The highest BCUT2D eigenvalue weighted by atomic mass is 32.2. The van der Waals surface area contributed by atoms with E-state index in [1.54, 1.807) is 6.07 Å². The van der Waals surface area contributed by atoms with Gasteiger partial charge in [-0.1, -0.05) is 13.0 Å². The molecule has 0 saturated heterocycles. The van der Waals surface area contributed by atoms with E-state index in [9.17, 15) is 8.42 Å². The third-order valence-corrected chi connectivity index (χ3v) is 4.38. The van der Waals surface area contributed by atoms with E-state index < -0.39 is 10.0 Å². The lowest BCUT2D eigenvalue weighted by Gasteiger charge is -2.14. The second kappa shape index (κ2) is 5.16. The summed E-state index contributed by atoms with van der Waals surface area (Å²) in [5, 5.41) is 0. The van der Waals surface area contributed by atoms with Gasteiger partial charge in [0, 0.05) is 6.04 Å². The van der Waals surface area contributed by atoms with E-state index in [-0.39, 0.29) is 18.6 Å². The van der Waals surface area contributed by atoms with Crippen molar-refractivity contribution in [2.24, 2.45) is 0 Å². The smallest absolute Gasteiger partial charge is 0.231 e. The molecular formula is C12H17NO4S. The van der Waals surface area contributed by atoms with Gasteiger partial charge < -0.3 is 9.47 Å². The monoisotopic (exact) mass is 271 g/mol. The lowest BCUT2D eigenvalue weighted by atomic mass is 10.1. The molecule has 100 valence electrons. The number of hydrogen-bond acceptors (Lipinski definition) is 4. The van der Waals surface area contributed by atoms with Crippen LogP contribution in [0.1, 0.15) is 31.9 Å².